The predicted octanol–water partition coefficient (Wildman–Crippen LogP) is 1.04. The lowest BCUT2D eigenvalue weighted by atomic mass is 10.0. The lowest BCUT2D eigenvalue weighted by molar-refractivity contribution is -0.149. The molecule has 1 unspecified atom stereocenters. The number of rotatable bonds is 7. The van der Waals surface area contributed by atoms with Crippen LogP contribution in [0, 0.1) is 5.92 Å². The van der Waals surface area contributed by atoms with E-state index in [1.807, 2.05) is 20.8 Å². The normalized spacial score (nSPS) is 14.8. The second-order valence-electron chi connectivity index (χ2n) is 8.40. The van der Waals surface area contributed by atoms with Crippen molar-refractivity contribution < 1.29 is 23.9 Å². The first-order valence-corrected chi connectivity index (χ1v) is 11.1. The van der Waals surface area contributed by atoms with Crippen LogP contribution in [0.25, 0.3) is 0 Å². The van der Waals surface area contributed by atoms with Gasteiger partial charge in [0.2, 0.25) is 5.91 Å². The van der Waals surface area contributed by atoms with E-state index in [9.17, 15) is 19.2 Å². The van der Waals surface area contributed by atoms with Gasteiger partial charge in [-0.15, -0.1) is 0 Å². The van der Waals surface area contributed by atoms with E-state index in [4.69, 9.17) is 4.74 Å². The van der Waals surface area contributed by atoms with Crippen LogP contribution in [0.4, 0.5) is 0 Å². The van der Waals surface area contributed by atoms with Crippen molar-refractivity contribution in [3.05, 3.63) is 29.8 Å². The molecule has 1 atom stereocenters. The molecule has 0 saturated carbocycles. The summed E-state index contributed by atoms with van der Waals surface area (Å²) in [5.41, 5.74) is 0.443. The van der Waals surface area contributed by atoms with Crippen LogP contribution in [-0.4, -0.2) is 78.3 Å². The Morgan fingerprint density at radius 2 is 1.47 bits per heavy atom. The van der Waals surface area contributed by atoms with Gasteiger partial charge in [0.05, 0.1) is 6.61 Å². The highest BCUT2D eigenvalue weighted by Crippen LogP contribution is 2.14. The van der Waals surface area contributed by atoms with E-state index in [-0.39, 0.29) is 36.9 Å². The van der Waals surface area contributed by atoms with Crippen molar-refractivity contribution in [2.75, 3.05) is 32.8 Å². The maximum atomic E-state index is 13.1. The Kier molecular flexibility index (Phi) is 9.04. The van der Waals surface area contributed by atoms with Gasteiger partial charge in [-0.25, -0.2) is 0 Å². The van der Waals surface area contributed by atoms with Gasteiger partial charge >= 0.3 is 11.8 Å². The van der Waals surface area contributed by atoms with Crippen LogP contribution in [0.15, 0.2) is 24.3 Å². The number of piperazine rings is 1. The number of carbonyl (C=O) groups excluding carboxylic acids is 4. The average Bonchev–Trinajstić information content (AvgIpc) is 2.76. The Hall–Kier alpha value is -3.10. The van der Waals surface area contributed by atoms with Gasteiger partial charge in [-0.2, -0.15) is 0 Å². The fourth-order valence-electron chi connectivity index (χ4n) is 3.40. The first-order chi connectivity index (χ1) is 15.1. The summed E-state index contributed by atoms with van der Waals surface area (Å²) >= 11 is 0. The minimum Gasteiger partial charge on any atom is -0.494 e. The van der Waals surface area contributed by atoms with Gasteiger partial charge in [0.1, 0.15) is 11.8 Å². The number of nitrogens with zero attached hydrogens (tertiary/aromatic N) is 2. The lowest BCUT2D eigenvalue weighted by Gasteiger charge is -2.37. The van der Waals surface area contributed by atoms with Crippen molar-refractivity contribution in [1.29, 1.82) is 0 Å². The van der Waals surface area contributed by atoms with Gasteiger partial charge in [-0.1, -0.05) is 13.8 Å². The van der Waals surface area contributed by atoms with E-state index in [2.05, 4.69) is 10.6 Å². The molecule has 9 heteroatoms. The number of hydrogen-bond acceptors (Lipinski definition) is 5. The van der Waals surface area contributed by atoms with Gasteiger partial charge in [-0.05, 0) is 51.0 Å². The number of benzene rings is 1. The third kappa shape index (κ3) is 6.70. The lowest BCUT2D eigenvalue weighted by Crippen LogP contribution is -2.58. The number of nitrogens with one attached hydrogen (secondary N) is 2. The van der Waals surface area contributed by atoms with Crippen LogP contribution in [-0.2, 0) is 14.4 Å². The summed E-state index contributed by atoms with van der Waals surface area (Å²) in [6, 6.07) is 5.94. The average molecular weight is 447 g/mol. The molecule has 1 aromatic carbocycles. The molecule has 4 amide bonds. The molecule has 9 nitrogen and oxygen atoms in total. The molecule has 0 aliphatic carbocycles. The quantitative estimate of drug-likeness (QED) is 0.609. The third-order valence-corrected chi connectivity index (χ3v) is 5.14. The van der Waals surface area contributed by atoms with Gasteiger partial charge in [-0.3, -0.25) is 19.2 Å². The van der Waals surface area contributed by atoms with Gasteiger partial charge in [0, 0.05) is 37.8 Å². The van der Waals surface area contributed by atoms with Crippen LogP contribution in [0.3, 0.4) is 0 Å². The van der Waals surface area contributed by atoms with Crippen LogP contribution >= 0.6 is 0 Å². The summed E-state index contributed by atoms with van der Waals surface area (Å²) in [4.78, 5) is 53.1. The van der Waals surface area contributed by atoms with E-state index < -0.39 is 17.9 Å². The maximum Gasteiger partial charge on any atom is 0.312 e. The zero-order chi connectivity index (χ0) is 23.8. The SMILES string of the molecule is CCOc1ccc(C(=O)NC(C(=O)N2CCN(C(=O)C(=O)NC(C)C)CC2)C(C)C)cc1. The van der Waals surface area contributed by atoms with Crippen molar-refractivity contribution >= 4 is 23.6 Å². The highest BCUT2D eigenvalue weighted by Gasteiger charge is 2.33. The molecular weight excluding hydrogens is 412 g/mol. The van der Waals surface area contributed by atoms with Crippen molar-refractivity contribution in [1.82, 2.24) is 20.4 Å². The topological polar surface area (TPSA) is 108 Å². The summed E-state index contributed by atoms with van der Waals surface area (Å²) in [5.74, 6) is -1.20. The molecule has 1 saturated heterocycles. The largest absolute Gasteiger partial charge is 0.494 e. The molecule has 1 heterocycles. The molecule has 32 heavy (non-hydrogen) atoms. The molecule has 176 valence electrons. The zero-order valence-corrected chi connectivity index (χ0v) is 19.5. The Morgan fingerprint density at radius 1 is 0.906 bits per heavy atom. The van der Waals surface area contributed by atoms with Gasteiger partial charge in [0.25, 0.3) is 5.91 Å². The predicted molar refractivity (Wildman–Crippen MR) is 120 cm³/mol. The van der Waals surface area contributed by atoms with Gasteiger partial charge < -0.3 is 25.2 Å². The molecule has 0 bridgehead atoms. The Labute approximate surface area is 189 Å². The van der Waals surface area contributed by atoms with Crippen LogP contribution in [0.5, 0.6) is 5.75 Å². The summed E-state index contributed by atoms with van der Waals surface area (Å²) in [6.45, 7) is 10.9. The Bertz CT molecular complexity index is 814. The highest BCUT2D eigenvalue weighted by atomic mass is 16.5. The van der Waals surface area contributed by atoms with Crippen molar-refractivity contribution in [2.24, 2.45) is 5.92 Å². The molecule has 2 N–H and O–H groups in total. The number of amides is 4. The molecule has 0 spiro atoms. The molecule has 1 fully saturated rings. The van der Waals surface area contributed by atoms with E-state index in [1.165, 1.54) is 4.90 Å². The van der Waals surface area contributed by atoms with E-state index in [0.717, 1.165) is 0 Å². The number of hydrogen-bond donors (Lipinski definition) is 2. The van der Waals surface area contributed by atoms with Crippen molar-refractivity contribution in [3.8, 4) is 5.75 Å². The van der Waals surface area contributed by atoms with Crippen molar-refractivity contribution in [2.45, 2.75) is 46.7 Å². The zero-order valence-electron chi connectivity index (χ0n) is 19.5. The minimum atomic E-state index is -0.694. The van der Waals surface area contributed by atoms with Crippen LogP contribution in [0.2, 0.25) is 0 Å². The first kappa shape index (κ1) is 25.2. The smallest absolute Gasteiger partial charge is 0.312 e. The van der Waals surface area contributed by atoms with Gasteiger partial charge in [0.15, 0.2) is 0 Å². The fourth-order valence-corrected chi connectivity index (χ4v) is 3.40. The molecular formula is C23H34N4O5. The monoisotopic (exact) mass is 446 g/mol. The molecule has 0 radical (unpaired) electrons. The molecule has 1 aliphatic rings. The van der Waals surface area contributed by atoms with Crippen molar-refractivity contribution in [3.63, 3.8) is 0 Å². The maximum absolute atomic E-state index is 13.1. The number of carbonyl (C=O) groups is 4. The molecule has 1 aliphatic heterocycles. The summed E-state index contributed by atoms with van der Waals surface area (Å²) < 4.78 is 5.39. The third-order valence-electron chi connectivity index (χ3n) is 5.14. The molecule has 0 aromatic heterocycles. The first-order valence-electron chi connectivity index (χ1n) is 11.1. The molecule has 2 rings (SSSR count). The summed E-state index contributed by atoms with van der Waals surface area (Å²) in [6.07, 6.45) is 0. The van der Waals surface area contributed by atoms with E-state index >= 15 is 0 Å². The number of ether oxygens (including phenoxy) is 1. The van der Waals surface area contributed by atoms with E-state index in [0.29, 0.717) is 31.0 Å². The molecule has 1 aromatic rings. The standard InChI is InChI=1S/C23H34N4O5/c1-6-32-18-9-7-17(8-10-18)20(28)25-19(15(2)3)22(30)26-11-13-27(14-12-26)23(31)21(29)24-16(4)5/h7-10,15-16,19H,6,11-14H2,1-5H3,(H,24,29)(H,25,28). The summed E-state index contributed by atoms with van der Waals surface area (Å²) in [7, 11) is 0. The Balaban J connectivity index is 1.96. The highest BCUT2D eigenvalue weighted by molar-refractivity contribution is 6.35. The van der Waals surface area contributed by atoms with Crippen LogP contribution < -0.4 is 15.4 Å². The second kappa shape index (κ2) is 11.5. The Morgan fingerprint density at radius 3 is 1.97 bits per heavy atom. The van der Waals surface area contributed by atoms with Crippen LogP contribution in [0.1, 0.15) is 45.0 Å². The second-order valence-corrected chi connectivity index (χ2v) is 8.40. The summed E-state index contributed by atoms with van der Waals surface area (Å²) in [5, 5.41) is 5.43. The van der Waals surface area contributed by atoms with E-state index in [1.54, 1.807) is 43.0 Å². The fraction of sp³-hybridized carbons (Fsp3) is 0.565. The minimum absolute atomic E-state index is 0.120.